The minimum atomic E-state index is 0.157. The van der Waals surface area contributed by atoms with Gasteiger partial charge in [0.25, 0.3) is 0 Å². The van der Waals surface area contributed by atoms with Gasteiger partial charge in [-0.05, 0) is 44.1 Å². The highest BCUT2D eigenvalue weighted by Gasteiger charge is 2.29. The van der Waals surface area contributed by atoms with Gasteiger partial charge in [0.05, 0.1) is 32.6 Å². The molecule has 1 aliphatic rings. The van der Waals surface area contributed by atoms with E-state index in [2.05, 4.69) is 62.9 Å². The molecule has 170 valence electrons. The molecule has 1 aromatic carbocycles. The highest BCUT2D eigenvalue weighted by atomic mass is 16.5. The molecule has 0 bridgehead atoms. The van der Waals surface area contributed by atoms with Crippen LogP contribution in [0.5, 0.6) is 11.5 Å². The maximum Gasteiger partial charge on any atom is 0.193 e. The number of likely N-dealkylation sites (tertiary alicyclic amines) is 1. The van der Waals surface area contributed by atoms with Gasteiger partial charge >= 0.3 is 0 Å². The normalized spacial score (nSPS) is 20.6. The molecule has 0 aliphatic carbocycles. The number of benzene rings is 1. The van der Waals surface area contributed by atoms with Crippen molar-refractivity contribution in [3.63, 3.8) is 0 Å². The third-order valence-electron chi connectivity index (χ3n) is 6.21. The minimum absolute atomic E-state index is 0.157. The van der Waals surface area contributed by atoms with Gasteiger partial charge in [-0.2, -0.15) is 0 Å². The number of hydrogen-bond acceptors (Lipinski definition) is 5. The fourth-order valence-electron chi connectivity index (χ4n) is 4.27. The highest BCUT2D eigenvalue weighted by molar-refractivity contribution is 5.80. The van der Waals surface area contributed by atoms with E-state index in [1.54, 1.807) is 14.2 Å². The molecule has 31 heavy (non-hydrogen) atoms. The summed E-state index contributed by atoms with van der Waals surface area (Å²) in [7, 11) is 9.35. The summed E-state index contributed by atoms with van der Waals surface area (Å²) in [5.74, 6) is 3.01. The van der Waals surface area contributed by atoms with Gasteiger partial charge in [-0.15, -0.1) is 0 Å². The average Bonchev–Trinajstić information content (AvgIpc) is 3.31. The number of methoxy groups -OCH3 is 2. The van der Waals surface area contributed by atoms with Crippen molar-refractivity contribution < 1.29 is 9.47 Å². The van der Waals surface area contributed by atoms with Gasteiger partial charge in [-0.1, -0.05) is 13.0 Å². The van der Waals surface area contributed by atoms with Gasteiger partial charge in [0.2, 0.25) is 0 Å². The zero-order chi connectivity index (χ0) is 22.4. The van der Waals surface area contributed by atoms with E-state index in [0.717, 1.165) is 49.1 Å². The fraction of sp³-hybridized carbons (Fsp3) is 0.565. The minimum Gasteiger partial charge on any atom is -0.493 e. The van der Waals surface area contributed by atoms with Crippen molar-refractivity contribution in [1.29, 1.82) is 0 Å². The number of piperidine rings is 1. The van der Waals surface area contributed by atoms with Crippen molar-refractivity contribution in [1.82, 2.24) is 24.7 Å². The Balaban J connectivity index is 1.71. The molecule has 2 aromatic rings. The molecule has 8 nitrogen and oxygen atoms in total. The quantitative estimate of drug-likeness (QED) is 0.540. The van der Waals surface area contributed by atoms with Crippen LogP contribution in [0.4, 0.5) is 0 Å². The molecule has 8 heteroatoms. The predicted octanol–water partition coefficient (Wildman–Crippen LogP) is 2.66. The Kier molecular flexibility index (Phi) is 7.79. The van der Waals surface area contributed by atoms with Crippen LogP contribution in [0, 0.1) is 5.92 Å². The fourth-order valence-corrected chi connectivity index (χ4v) is 4.27. The van der Waals surface area contributed by atoms with E-state index >= 15 is 0 Å². The third kappa shape index (κ3) is 5.31. The van der Waals surface area contributed by atoms with E-state index in [1.807, 2.05) is 31.7 Å². The summed E-state index contributed by atoms with van der Waals surface area (Å²) in [6, 6.07) is 6.65. The Labute approximate surface area is 185 Å². The van der Waals surface area contributed by atoms with Crippen LogP contribution in [0.15, 0.2) is 41.9 Å². The molecule has 1 aromatic heterocycles. The second-order valence-corrected chi connectivity index (χ2v) is 8.31. The second-order valence-electron chi connectivity index (χ2n) is 8.31. The molecular formula is C23H36N6O2. The number of guanidine groups is 1. The van der Waals surface area contributed by atoms with E-state index in [1.165, 1.54) is 0 Å². The molecule has 1 fully saturated rings. The van der Waals surface area contributed by atoms with E-state index in [4.69, 9.17) is 9.47 Å². The highest BCUT2D eigenvalue weighted by Crippen LogP contribution is 2.31. The second kappa shape index (κ2) is 10.5. The maximum absolute atomic E-state index is 5.50. The van der Waals surface area contributed by atoms with Crippen LogP contribution in [0.3, 0.4) is 0 Å². The third-order valence-corrected chi connectivity index (χ3v) is 6.21. The Morgan fingerprint density at radius 1 is 1.29 bits per heavy atom. The molecular weight excluding hydrogens is 392 g/mol. The van der Waals surface area contributed by atoms with Crippen LogP contribution in [-0.4, -0.2) is 80.3 Å². The lowest BCUT2D eigenvalue weighted by atomic mass is 9.93. The summed E-state index contributed by atoms with van der Waals surface area (Å²) in [6.07, 6.45) is 6.94. The zero-order valence-corrected chi connectivity index (χ0v) is 19.6. The number of aromatic nitrogens is 2. The molecule has 3 unspecified atom stereocenters. The van der Waals surface area contributed by atoms with Crippen LogP contribution >= 0.6 is 0 Å². The van der Waals surface area contributed by atoms with Crippen molar-refractivity contribution in [3.05, 3.63) is 42.5 Å². The monoisotopic (exact) mass is 428 g/mol. The Morgan fingerprint density at radius 2 is 2.06 bits per heavy atom. The Morgan fingerprint density at radius 3 is 2.68 bits per heavy atom. The van der Waals surface area contributed by atoms with Crippen molar-refractivity contribution in [2.24, 2.45) is 10.9 Å². The summed E-state index contributed by atoms with van der Waals surface area (Å²) in [6.45, 7) is 4.96. The van der Waals surface area contributed by atoms with Gasteiger partial charge in [-0.3, -0.25) is 4.99 Å². The van der Waals surface area contributed by atoms with Crippen LogP contribution in [-0.2, 0) is 0 Å². The van der Waals surface area contributed by atoms with Crippen LogP contribution in [0.2, 0.25) is 0 Å². The van der Waals surface area contributed by atoms with Gasteiger partial charge in [0.1, 0.15) is 0 Å². The lowest BCUT2D eigenvalue weighted by molar-refractivity contribution is 0.187. The summed E-state index contributed by atoms with van der Waals surface area (Å²) in [5, 5.41) is 3.60. The topological polar surface area (TPSA) is 67.2 Å². The molecule has 0 radical (unpaired) electrons. The molecule has 1 aliphatic heterocycles. The number of likely N-dealkylation sites (N-methyl/N-ethyl adjacent to an activating group) is 1. The average molecular weight is 429 g/mol. The maximum atomic E-state index is 5.50. The summed E-state index contributed by atoms with van der Waals surface area (Å²) >= 11 is 0. The summed E-state index contributed by atoms with van der Waals surface area (Å²) in [4.78, 5) is 13.4. The van der Waals surface area contributed by atoms with Crippen molar-refractivity contribution in [2.75, 3.05) is 55.0 Å². The first kappa shape index (κ1) is 22.9. The van der Waals surface area contributed by atoms with Gasteiger partial charge < -0.3 is 29.2 Å². The van der Waals surface area contributed by atoms with Crippen LogP contribution < -0.4 is 14.8 Å². The number of rotatable bonds is 7. The first-order valence-corrected chi connectivity index (χ1v) is 10.8. The van der Waals surface area contributed by atoms with E-state index in [-0.39, 0.29) is 6.04 Å². The van der Waals surface area contributed by atoms with E-state index in [0.29, 0.717) is 12.0 Å². The van der Waals surface area contributed by atoms with Gasteiger partial charge in [0, 0.05) is 39.1 Å². The van der Waals surface area contributed by atoms with Crippen molar-refractivity contribution in [3.8, 4) is 11.5 Å². The van der Waals surface area contributed by atoms with E-state index < -0.39 is 0 Å². The van der Waals surface area contributed by atoms with Gasteiger partial charge in [-0.25, -0.2) is 4.98 Å². The number of nitrogens with one attached hydrogen (secondary N) is 1. The molecule has 1 saturated heterocycles. The molecule has 0 spiro atoms. The molecule has 0 saturated carbocycles. The predicted molar refractivity (Wildman–Crippen MR) is 124 cm³/mol. The van der Waals surface area contributed by atoms with Crippen LogP contribution in [0.25, 0.3) is 0 Å². The largest absolute Gasteiger partial charge is 0.493 e. The van der Waals surface area contributed by atoms with Gasteiger partial charge in [0.15, 0.2) is 17.5 Å². The Hall–Kier alpha value is -2.74. The summed E-state index contributed by atoms with van der Waals surface area (Å²) in [5.41, 5.74) is 1.16. The van der Waals surface area contributed by atoms with Crippen LogP contribution in [0.1, 0.15) is 31.0 Å². The number of imidazole rings is 1. The lowest BCUT2D eigenvalue weighted by Crippen LogP contribution is -2.50. The number of aliphatic imine (C=N–C) groups is 1. The zero-order valence-electron chi connectivity index (χ0n) is 19.6. The smallest absolute Gasteiger partial charge is 0.193 e. The first-order valence-electron chi connectivity index (χ1n) is 10.8. The number of nitrogens with zero attached hydrogens (tertiary/aromatic N) is 5. The lowest BCUT2D eigenvalue weighted by Gasteiger charge is -2.39. The van der Waals surface area contributed by atoms with E-state index in [9.17, 15) is 0 Å². The molecule has 3 atom stereocenters. The number of ether oxygens (including phenoxy) is 2. The van der Waals surface area contributed by atoms with Crippen molar-refractivity contribution in [2.45, 2.75) is 25.4 Å². The molecule has 3 rings (SSSR count). The Bertz CT molecular complexity index is 852. The van der Waals surface area contributed by atoms with Crippen molar-refractivity contribution >= 4 is 5.96 Å². The number of hydrogen-bond donors (Lipinski definition) is 1. The molecule has 2 heterocycles. The first-order chi connectivity index (χ1) is 15.0. The standard InChI is InChI=1S/C23H36N6O2/c1-17-9-11-28(15-20(17)29-12-10-25-16-29)23(24-2)26-14-19(27(3)4)18-7-8-21(30-5)22(13-18)31-6/h7-8,10,12-13,16-17,19-20H,9,11,14-15H2,1-6H3,(H,24,26). The molecule has 0 amide bonds. The SMILES string of the molecule is CN=C(NCC(c1ccc(OC)c(OC)c1)N(C)C)N1CCC(C)C(n2ccnc2)C1. The molecule has 1 N–H and O–H groups in total. The summed E-state index contributed by atoms with van der Waals surface area (Å²) < 4.78 is 13.1.